The molecule has 3 nitrogen and oxygen atoms in total. The third kappa shape index (κ3) is 2.73. The molecule has 0 aromatic heterocycles. The summed E-state index contributed by atoms with van der Waals surface area (Å²) in [4.78, 5) is 2.69. The molecule has 1 aliphatic heterocycles. The maximum absolute atomic E-state index is 5.86. The first kappa shape index (κ1) is 14.3. The number of rotatable bonds is 3. The van der Waals surface area contributed by atoms with Crippen LogP contribution in [0.15, 0.2) is 0 Å². The van der Waals surface area contributed by atoms with Gasteiger partial charge < -0.3 is 10.1 Å². The Bertz CT molecular complexity index is 288. The third-order valence-electron chi connectivity index (χ3n) is 4.76. The number of hydrogen-bond donors (Lipinski definition) is 1. The molecule has 1 saturated carbocycles. The summed E-state index contributed by atoms with van der Waals surface area (Å²) in [6.07, 6.45) is 2.92. The van der Waals surface area contributed by atoms with Crippen LogP contribution in [0.5, 0.6) is 0 Å². The van der Waals surface area contributed by atoms with Crippen LogP contribution in [0.25, 0.3) is 0 Å². The average molecular weight is 254 g/mol. The van der Waals surface area contributed by atoms with Gasteiger partial charge in [-0.3, -0.25) is 4.90 Å². The Labute approximate surface area is 112 Å². The second-order valence-corrected chi connectivity index (χ2v) is 7.15. The van der Waals surface area contributed by atoms with E-state index in [9.17, 15) is 0 Å². The van der Waals surface area contributed by atoms with Crippen molar-refractivity contribution in [3.8, 4) is 0 Å². The summed E-state index contributed by atoms with van der Waals surface area (Å²) in [5, 5.41) is 3.64. The number of hydrogen-bond acceptors (Lipinski definition) is 3. The Hall–Kier alpha value is -0.120. The molecule has 106 valence electrons. The monoisotopic (exact) mass is 254 g/mol. The smallest absolute Gasteiger partial charge is 0.0655 e. The van der Waals surface area contributed by atoms with Crippen molar-refractivity contribution in [3.05, 3.63) is 0 Å². The van der Waals surface area contributed by atoms with Crippen molar-refractivity contribution >= 4 is 0 Å². The first-order valence-electron chi connectivity index (χ1n) is 7.47. The van der Waals surface area contributed by atoms with Crippen LogP contribution in [0.4, 0.5) is 0 Å². The normalized spacial score (nSPS) is 35.8. The van der Waals surface area contributed by atoms with Crippen molar-refractivity contribution in [1.29, 1.82) is 0 Å². The van der Waals surface area contributed by atoms with Gasteiger partial charge in [-0.2, -0.15) is 0 Å². The molecule has 2 unspecified atom stereocenters. The van der Waals surface area contributed by atoms with Crippen molar-refractivity contribution in [3.63, 3.8) is 0 Å². The summed E-state index contributed by atoms with van der Waals surface area (Å²) in [6.45, 7) is 15.8. The van der Waals surface area contributed by atoms with Gasteiger partial charge >= 0.3 is 0 Å². The summed E-state index contributed by atoms with van der Waals surface area (Å²) in [6, 6.07) is 0.688. The van der Waals surface area contributed by atoms with Crippen molar-refractivity contribution in [2.45, 2.75) is 65.1 Å². The van der Waals surface area contributed by atoms with Crippen LogP contribution < -0.4 is 5.32 Å². The van der Waals surface area contributed by atoms with Gasteiger partial charge in [0.2, 0.25) is 0 Å². The van der Waals surface area contributed by atoms with E-state index in [-0.39, 0.29) is 5.54 Å². The quantitative estimate of drug-likeness (QED) is 0.836. The third-order valence-corrected chi connectivity index (χ3v) is 4.76. The van der Waals surface area contributed by atoms with Crippen molar-refractivity contribution < 1.29 is 4.74 Å². The molecule has 1 saturated heterocycles. The van der Waals surface area contributed by atoms with E-state index < -0.39 is 0 Å². The second-order valence-electron chi connectivity index (χ2n) is 7.15. The zero-order chi connectivity index (χ0) is 13.4. The minimum atomic E-state index is 0.239. The minimum absolute atomic E-state index is 0.239. The first-order valence-corrected chi connectivity index (χ1v) is 7.47. The van der Waals surface area contributed by atoms with Gasteiger partial charge in [-0.15, -0.1) is 0 Å². The highest BCUT2D eigenvalue weighted by molar-refractivity contribution is 5.05. The fourth-order valence-electron chi connectivity index (χ4n) is 3.59. The topological polar surface area (TPSA) is 24.5 Å². The van der Waals surface area contributed by atoms with Gasteiger partial charge in [0.15, 0.2) is 0 Å². The molecule has 0 bridgehead atoms. The van der Waals surface area contributed by atoms with Crippen LogP contribution in [-0.4, -0.2) is 48.8 Å². The van der Waals surface area contributed by atoms with E-state index in [0.29, 0.717) is 17.6 Å². The van der Waals surface area contributed by atoms with Crippen molar-refractivity contribution in [2.24, 2.45) is 5.41 Å². The van der Waals surface area contributed by atoms with Gasteiger partial charge in [-0.25, -0.2) is 0 Å². The molecule has 0 amide bonds. The molecule has 0 aromatic rings. The van der Waals surface area contributed by atoms with Crippen LogP contribution in [-0.2, 0) is 4.74 Å². The predicted molar refractivity (Wildman–Crippen MR) is 75.9 cm³/mol. The van der Waals surface area contributed by atoms with E-state index in [2.05, 4.69) is 44.8 Å². The summed E-state index contributed by atoms with van der Waals surface area (Å²) in [5.74, 6) is 0. The maximum atomic E-state index is 5.86. The summed E-state index contributed by atoms with van der Waals surface area (Å²) in [7, 11) is 0. The highest BCUT2D eigenvalue weighted by Crippen LogP contribution is 2.46. The Morgan fingerprint density at radius 3 is 2.61 bits per heavy atom. The lowest BCUT2D eigenvalue weighted by molar-refractivity contribution is -0.151. The van der Waals surface area contributed by atoms with Crippen LogP contribution >= 0.6 is 0 Å². The van der Waals surface area contributed by atoms with Gasteiger partial charge in [-0.1, -0.05) is 13.8 Å². The van der Waals surface area contributed by atoms with Gasteiger partial charge in [0, 0.05) is 30.1 Å². The van der Waals surface area contributed by atoms with E-state index in [0.717, 1.165) is 19.7 Å². The number of nitrogens with zero attached hydrogens (tertiary/aromatic N) is 1. The molecule has 2 rings (SSSR count). The lowest BCUT2D eigenvalue weighted by Gasteiger charge is -2.56. The second kappa shape index (κ2) is 5.10. The molecular weight excluding hydrogens is 224 g/mol. The number of ether oxygens (including phenoxy) is 1. The van der Waals surface area contributed by atoms with Gasteiger partial charge in [0.25, 0.3) is 0 Å². The zero-order valence-corrected chi connectivity index (χ0v) is 12.8. The lowest BCUT2D eigenvalue weighted by Crippen LogP contribution is -2.64. The van der Waals surface area contributed by atoms with Crippen molar-refractivity contribution in [1.82, 2.24) is 10.2 Å². The van der Waals surface area contributed by atoms with Crippen LogP contribution in [0.2, 0.25) is 0 Å². The summed E-state index contributed by atoms with van der Waals surface area (Å²) < 4.78 is 5.86. The van der Waals surface area contributed by atoms with Crippen molar-refractivity contribution in [2.75, 3.05) is 26.2 Å². The molecular formula is C15H30N2O. The van der Waals surface area contributed by atoms with Gasteiger partial charge in [0.05, 0.1) is 6.10 Å². The molecule has 0 aromatic carbocycles. The Morgan fingerprint density at radius 1 is 1.28 bits per heavy atom. The summed E-state index contributed by atoms with van der Waals surface area (Å²) in [5.41, 5.74) is 0.541. The summed E-state index contributed by atoms with van der Waals surface area (Å²) >= 11 is 0. The first-order chi connectivity index (χ1) is 8.37. The lowest BCUT2D eigenvalue weighted by atomic mass is 9.63. The Morgan fingerprint density at radius 2 is 2.00 bits per heavy atom. The highest BCUT2D eigenvalue weighted by atomic mass is 16.5. The predicted octanol–water partition coefficient (Wildman–Crippen LogP) is 2.26. The Balaban J connectivity index is 2.00. The van der Waals surface area contributed by atoms with Crippen LogP contribution in [0, 0.1) is 5.41 Å². The molecule has 18 heavy (non-hydrogen) atoms. The largest absolute Gasteiger partial charge is 0.378 e. The Kier molecular flexibility index (Phi) is 4.05. The van der Waals surface area contributed by atoms with E-state index in [4.69, 9.17) is 4.74 Å². The van der Waals surface area contributed by atoms with E-state index in [1.54, 1.807) is 0 Å². The molecule has 0 radical (unpaired) electrons. The molecule has 2 fully saturated rings. The van der Waals surface area contributed by atoms with E-state index in [1.165, 1.54) is 19.4 Å². The molecule has 2 atom stereocenters. The minimum Gasteiger partial charge on any atom is -0.378 e. The molecule has 1 N–H and O–H groups in total. The van der Waals surface area contributed by atoms with Crippen LogP contribution in [0.1, 0.15) is 47.5 Å². The average Bonchev–Trinajstić information content (AvgIpc) is 2.44. The van der Waals surface area contributed by atoms with E-state index in [1.807, 2.05) is 0 Å². The maximum Gasteiger partial charge on any atom is 0.0655 e. The van der Waals surface area contributed by atoms with Gasteiger partial charge in [-0.05, 0) is 46.7 Å². The van der Waals surface area contributed by atoms with Gasteiger partial charge in [0.1, 0.15) is 0 Å². The fraction of sp³-hybridized carbons (Fsp3) is 1.00. The van der Waals surface area contributed by atoms with E-state index >= 15 is 0 Å². The standard InChI is InChI=1S/C15H30N2O/c1-6-18-13-10-12(15(13,4)5)17-9-7-8-16-14(2,3)11-17/h12-13,16H,6-11H2,1-5H3. The molecule has 0 spiro atoms. The molecule has 2 aliphatic rings. The zero-order valence-electron chi connectivity index (χ0n) is 12.8. The highest BCUT2D eigenvalue weighted by Gasteiger charge is 2.52. The molecule has 3 heteroatoms. The molecule has 1 heterocycles. The van der Waals surface area contributed by atoms with Crippen LogP contribution in [0.3, 0.4) is 0 Å². The molecule has 1 aliphatic carbocycles. The fourth-order valence-corrected chi connectivity index (χ4v) is 3.59. The number of nitrogens with one attached hydrogen (secondary N) is 1. The SMILES string of the molecule is CCOC1CC(N2CCCNC(C)(C)C2)C1(C)C.